The zero-order valence-electron chi connectivity index (χ0n) is 18.2. The van der Waals surface area contributed by atoms with Crippen molar-refractivity contribution in [3.8, 4) is 6.07 Å². The van der Waals surface area contributed by atoms with E-state index in [1.807, 2.05) is 30.3 Å². The number of nitrogens with one attached hydrogen (secondary N) is 2. The van der Waals surface area contributed by atoms with Gasteiger partial charge >= 0.3 is 6.03 Å². The van der Waals surface area contributed by atoms with Crippen LogP contribution in [0.2, 0.25) is 0 Å². The number of anilines is 1. The third-order valence-corrected chi connectivity index (χ3v) is 7.45. The number of carbonyl (C=O) groups is 3. The highest BCUT2D eigenvalue weighted by molar-refractivity contribution is 7.16. The van der Waals surface area contributed by atoms with E-state index in [4.69, 9.17) is 0 Å². The minimum Gasteiger partial charge on any atom is -0.323 e. The van der Waals surface area contributed by atoms with Gasteiger partial charge in [0, 0.05) is 4.88 Å². The largest absolute Gasteiger partial charge is 0.325 e. The van der Waals surface area contributed by atoms with Crippen LogP contribution in [0.3, 0.4) is 0 Å². The summed E-state index contributed by atoms with van der Waals surface area (Å²) in [5.41, 5.74) is 1.56. The van der Waals surface area contributed by atoms with Crippen molar-refractivity contribution in [1.82, 2.24) is 10.2 Å². The van der Waals surface area contributed by atoms with Gasteiger partial charge in [-0.3, -0.25) is 14.5 Å². The molecule has 0 unspecified atom stereocenters. The van der Waals surface area contributed by atoms with Crippen molar-refractivity contribution in [3.63, 3.8) is 0 Å². The van der Waals surface area contributed by atoms with E-state index in [1.165, 1.54) is 11.3 Å². The van der Waals surface area contributed by atoms with E-state index in [-0.39, 0.29) is 6.54 Å². The Morgan fingerprint density at radius 2 is 2.09 bits per heavy atom. The topological polar surface area (TPSA) is 102 Å². The number of benzene rings is 1. The number of rotatable bonds is 6. The van der Waals surface area contributed by atoms with Crippen LogP contribution in [0.1, 0.15) is 48.3 Å². The highest BCUT2D eigenvalue weighted by Gasteiger charge is 2.47. The Hall–Kier alpha value is -3.18. The summed E-state index contributed by atoms with van der Waals surface area (Å²) in [6.45, 7) is 3.49. The van der Waals surface area contributed by atoms with Crippen LogP contribution in [-0.4, -0.2) is 34.8 Å². The number of nitrogens with zero attached hydrogens (tertiary/aromatic N) is 2. The van der Waals surface area contributed by atoms with Gasteiger partial charge in [-0.05, 0) is 56.1 Å². The van der Waals surface area contributed by atoms with Crippen molar-refractivity contribution in [2.24, 2.45) is 5.92 Å². The summed E-state index contributed by atoms with van der Waals surface area (Å²) in [5.74, 6) is -0.340. The first kappa shape index (κ1) is 22.0. The van der Waals surface area contributed by atoms with Gasteiger partial charge in [0.15, 0.2) is 0 Å². The molecule has 4 rings (SSSR count). The fraction of sp³-hybridized carbons (Fsp3) is 0.417. The molecule has 0 spiro atoms. The molecular formula is C24H26N4O3S. The molecule has 1 aliphatic heterocycles. The van der Waals surface area contributed by atoms with Gasteiger partial charge in [-0.2, -0.15) is 5.26 Å². The minimum atomic E-state index is -1.05. The molecule has 4 amide bonds. The monoisotopic (exact) mass is 450 g/mol. The predicted octanol–water partition coefficient (Wildman–Crippen LogP) is 3.63. The van der Waals surface area contributed by atoms with Crippen molar-refractivity contribution in [3.05, 3.63) is 51.9 Å². The number of amides is 4. The van der Waals surface area contributed by atoms with Crippen LogP contribution in [0.4, 0.5) is 9.80 Å². The van der Waals surface area contributed by atoms with E-state index in [2.05, 4.69) is 23.6 Å². The van der Waals surface area contributed by atoms with Gasteiger partial charge in [-0.15, -0.1) is 11.3 Å². The van der Waals surface area contributed by atoms with E-state index in [0.29, 0.717) is 29.3 Å². The van der Waals surface area contributed by atoms with Crippen LogP contribution < -0.4 is 10.6 Å². The van der Waals surface area contributed by atoms with Gasteiger partial charge in [0.1, 0.15) is 23.2 Å². The second-order valence-corrected chi connectivity index (χ2v) is 9.96. The number of urea groups is 1. The molecule has 1 aliphatic carbocycles. The van der Waals surface area contributed by atoms with Crippen LogP contribution in [0.5, 0.6) is 0 Å². The SMILES string of the molecule is C[C@H]1CCc2c(sc(NC(=O)CN3C(=O)N[C@](C)(CCc4ccccc4)C3=O)c2C#N)C1. The van der Waals surface area contributed by atoms with Crippen molar-refractivity contribution < 1.29 is 14.4 Å². The highest BCUT2D eigenvalue weighted by Crippen LogP contribution is 2.39. The number of nitriles is 1. The lowest BCUT2D eigenvalue weighted by Gasteiger charge is -2.21. The molecule has 7 nitrogen and oxygen atoms in total. The molecule has 2 aliphatic rings. The summed E-state index contributed by atoms with van der Waals surface area (Å²) in [5, 5.41) is 15.6. The lowest BCUT2D eigenvalue weighted by atomic mass is 9.89. The summed E-state index contributed by atoms with van der Waals surface area (Å²) in [6.07, 6.45) is 3.83. The van der Waals surface area contributed by atoms with Gasteiger partial charge < -0.3 is 10.6 Å². The highest BCUT2D eigenvalue weighted by atomic mass is 32.1. The maximum atomic E-state index is 13.0. The minimum absolute atomic E-state index is 0.380. The summed E-state index contributed by atoms with van der Waals surface area (Å²) in [4.78, 5) is 40.3. The molecule has 1 aromatic carbocycles. The zero-order valence-corrected chi connectivity index (χ0v) is 19.1. The van der Waals surface area contributed by atoms with Crippen LogP contribution in [-0.2, 0) is 28.9 Å². The number of hydrogen-bond acceptors (Lipinski definition) is 5. The molecule has 166 valence electrons. The van der Waals surface area contributed by atoms with Gasteiger partial charge in [-0.1, -0.05) is 37.3 Å². The van der Waals surface area contributed by atoms with Crippen molar-refractivity contribution >= 4 is 34.2 Å². The number of aryl methyl sites for hydroxylation is 1. The fourth-order valence-electron chi connectivity index (χ4n) is 4.37. The smallest absolute Gasteiger partial charge is 0.323 e. The summed E-state index contributed by atoms with van der Waals surface area (Å²) < 4.78 is 0. The Morgan fingerprint density at radius 3 is 2.81 bits per heavy atom. The number of hydrogen-bond donors (Lipinski definition) is 2. The first-order valence-corrected chi connectivity index (χ1v) is 11.6. The number of carbonyl (C=O) groups excluding carboxylic acids is 3. The quantitative estimate of drug-likeness (QED) is 0.656. The Morgan fingerprint density at radius 1 is 1.34 bits per heavy atom. The van der Waals surface area contributed by atoms with E-state index in [0.717, 1.165) is 40.2 Å². The third kappa shape index (κ3) is 4.26. The van der Waals surface area contributed by atoms with E-state index < -0.39 is 23.4 Å². The van der Waals surface area contributed by atoms with E-state index in [9.17, 15) is 19.6 Å². The van der Waals surface area contributed by atoms with Gasteiger partial charge in [0.25, 0.3) is 5.91 Å². The lowest BCUT2D eigenvalue weighted by Crippen LogP contribution is -2.45. The van der Waals surface area contributed by atoms with Crippen LogP contribution in [0.15, 0.2) is 30.3 Å². The molecule has 0 saturated carbocycles. The predicted molar refractivity (Wildman–Crippen MR) is 122 cm³/mol. The standard InChI is InChI=1S/C24H26N4O3S/c1-15-8-9-17-18(13-25)21(32-19(17)12-15)26-20(29)14-28-22(30)24(2,27-23(28)31)11-10-16-6-4-3-5-7-16/h3-7,15H,8-12,14H2,1-2H3,(H,26,29)(H,27,31)/t15-,24+/m0/s1. The lowest BCUT2D eigenvalue weighted by molar-refractivity contribution is -0.133. The molecular weight excluding hydrogens is 424 g/mol. The molecule has 1 fully saturated rings. The van der Waals surface area contributed by atoms with Gasteiger partial charge in [0.2, 0.25) is 5.91 Å². The summed E-state index contributed by atoms with van der Waals surface area (Å²) >= 11 is 1.43. The molecule has 2 N–H and O–H groups in total. The molecule has 0 radical (unpaired) electrons. The van der Waals surface area contributed by atoms with Gasteiger partial charge in [0.05, 0.1) is 5.56 Å². The molecule has 8 heteroatoms. The molecule has 1 saturated heterocycles. The van der Waals surface area contributed by atoms with Crippen molar-refractivity contribution in [2.45, 2.75) is 51.5 Å². The van der Waals surface area contributed by atoms with Crippen molar-refractivity contribution in [2.75, 3.05) is 11.9 Å². The fourth-order valence-corrected chi connectivity index (χ4v) is 5.74. The second kappa shape index (κ2) is 8.75. The van der Waals surface area contributed by atoms with E-state index >= 15 is 0 Å². The molecule has 0 bridgehead atoms. The average Bonchev–Trinajstić information content (AvgIpc) is 3.21. The van der Waals surface area contributed by atoms with Crippen molar-refractivity contribution in [1.29, 1.82) is 5.26 Å². The average molecular weight is 451 g/mol. The summed E-state index contributed by atoms with van der Waals surface area (Å²) in [6, 6.07) is 11.4. The molecule has 2 heterocycles. The first-order chi connectivity index (χ1) is 15.3. The number of fused-ring (bicyclic) bond motifs is 1. The third-order valence-electron chi connectivity index (χ3n) is 6.28. The molecule has 1 aromatic heterocycles. The maximum Gasteiger partial charge on any atom is 0.325 e. The number of imide groups is 1. The Bertz CT molecular complexity index is 1100. The Kier molecular flexibility index (Phi) is 6.02. The summed E-state index contributed by atoms with van der Waals surface area (Å²) in [7, 11) is 0. The molecule has 2 atom stereocenters. The Balaban J connectivity index is 1.42. The van der Waals surface area contributed by atoms with Gasteiger partial charge in [-0.25, -0.2) is 4.79 Å². The zero-order chi connectivity index (χ0) is 22.9. The first-order valence-electron chi connectivity index (χ1n) is 10.8. The maximum absolute atomic E-state index is 13.0. The van der Waals surface area contributed by atoms with E-state index in [1.54, 1.807) is 6.92 Å². The van der Waals surface area contributed by atoms with Crippen LogP contribution >= 0.6 is 11.3 Å². The van der Waals surface area contributed by atoms with Crippen LogP contribution in [0, 0.1) is 17.2 Å². The Labute approximate surface area is 191 Å². The second-order valence-electron chi connectivity index (χ2n) is 8.86. The van der Waals surface area contributed by atoms with Crippen LogP contribution in [0.25, 0.3) is 0 Å². The number of thiophene rings is 1. The molecule has 2 aromatic rings. The normalized spacial score (nSPS) is 22.3. The molecule has 32 heavy (non-hydrogen) atoms.